The van der Waals surface area contributed by atoms with Crippen molar-refractivity contribution < 1.29 is 19.1 Å². The van der Waals surface area contributed by atoms with Crippen molar-refractivity contribution in [1.82, 2.24) is 15.5 Å². The number of carbonyl (C=O) groups is 3. The molecule has 0 unspecified atom stereocenters. The number of hydrogen-bond acceptors (Lipinski definition) is 4. The monoisotopic (exact) mass is 515 g/mol. The van der Waals surface area contributed by atoms with Gasteiger partial charge in [-0.1, -0.05) is 22.0 Å². The van der Waals surface area contributed by atoms with E-state index < -0.39 is 6.04 Å². The maximum Gasteiger partial charge on any atom is 0.253 e. The van der Waals surface area contributed by atoms with E-state index in [1.165, 1.54) is 0 Å². The van der Waals surface area contributed by atoms with Gasteiger partial charge in [-0.2, -0.15) is 0 Å². The van der Waals surface area contributed by atoms with Crippen molar-refractivity contribution in [3.8, 4) is 5.75 Å². The summed E-state index contributed by atoms with van der Waals surface area (Å²) < 4.78 is 6.00. The zero-order chi connectivity index (χ0) is 24.0. The van der Waals surface area contributed by atoms with Crippen LogP contribution in [0.2, 0.25) is 0 Å². The minimum absolute atomic E-state index is 0.0276. The molecule has 2 aromatic rings. The standard InChI is InChI=1S/C25H30BrN3O4/c1-16(2)27-24(31)22(28-23(30)18-7-9-21(33-3)10-8-18)17-11-13-29(14-12-17)25(32)19-5-4-6-20(26)15-19/h4-10,15-17,22H,11-14H2,1-3H3,(H,27,31)(H,28,30)/t22-/m1/s1. The molecule has 2 aromatic carbocycles. The smallest absolute Gasteiger partial charge is 0.253 e. The Morgan fingerprint density at radius 2 is 1.67 bits per heavy atom. The quantitative estimate of drug-likeness (QED) is 0.589. The topological polar surface area (TPSA) is 87.7 Å². The summed E-state index contributed by atoms with van der Waals surface area (Å²) in [4.78, 5) is 40.5. The fourth-order valence-electron chi connectivity index (χ4n) is 3.98. The number of piperidine rings is 1. The van der Waals surface area contributed by atoms with E-state index in [9.17, 15) is 14.4 Å². The molecular weight excluding hydrogens is 486 g/mol. The molecule has 1 fully saturated rings. The van der Waals surface area contributed by atoms with Crippen molar-refractivity contribution in [3.05, 3.63) is 64.1 Å². The van der Waals surface area contributed by atoms with E-state index in [1.54, 1.807) is 42.3 Å². The zero-order valence-corrected chi connectivity index (χ0v) is 20.7. The van der Waals surface area contributed by atoms with E-state index in [2.05, 4.69) is 26.6 Å². The molecule has 3 amide bonds. The van der Waals surface area contributed by atoms with Gasteiger partial charge in [0.2, 0.25) is 5.91 Å². The lowest BCUT2D eigenvalue weighted by molar-refractivity contribution is -0.125. The van der Waals surface area contributed by atoms with Crippen LogP contribution in [0.3, 0.4) is 0 Å². The van der Waals surface area contributed by atoms with Gasteiger partial charge in [0.15, 0.2) is 0 Å². The van der Waals surface area contributed by atoms with Gasteiger partial charge < -0.3 is 20.3 Å². The number of halogens is 1. The van der Waals surface area contributed by atoms with E-state index >= 15 is 0 Å². The minimum atomic E-state index is -0.676. The fraction of sp³-hybridized carbons (Fsp3) is 0.400. The van der Waals surface area contributed by atoms with Crippen molar-refractivity contribution in [2.45, 2.75) is 38.8 Å². The number of likely N-dealkylation sites (tertiary alicyclic amines) is 1. The maximum atomic E-state index is 13.0. The van der Waals surface area contributed by atoms with Gasteiger partial charge >= 0.3 is 0 Å². The molecule has 3 rings (SSSR count). The normalized spacial score (nSPS) is 15.1. The molecule has 1 aliphatic heterocycles. The summed E-state index contributed by atoms with van der Waals surface area (Å²) in [6, 6.07) is 13.4. The molecule has 8 heteroatoms. The Balaban J connectivity index is 1.69. The largest absolute Gasteiger partial charge is 0.497 e. The second kappa shape index (κ2) is 11.3. The van der Waals surface area contributed by atoms with Gasteiger partial charge in [0.05, 0.1) is 7.11 Å². The molecule has 0 aliphatic carbocycles. The molecule has 1 aliphatic rings. The van der Waals surface area contributed by atoms with Crippen molar-refractivity contribution in [2.24, 2.45) is 5.92 Å². The van der Waals surface area contributed by atoms with E-state index in [-0.39, 0.29) is 29.7 Å². The number of rotatable bonds is 7. The Morgan fingerprint density at radius 3 is 2.24 bits per heavy atom. The van der Waals surface area contributed by atoms with Gasteiger partial charge in [0.1, 0.15) is 11.8 Å². The number of amides is 3. The average Bonchev–Trinajstić information content (AvgIpc) is 2.81. The third-order valence-corrected chi connectivity index (χ3v) is 6.22. The molecule has 1 saturated heterocycles. The van der Waals surface area contributed by atoms with Crippen LogP contribution in [0.15, 0.2) is 53.0 Å². The van der Waals surface area contributed by atoms with Crippen molar-refractivity contribution in [3.63, 3.8) is 0 Å². The minimum Gasteiger partial charge on any atom is -0.497 e. The number of benzene rings is 2. The molecule has 33 heavy (non-hydrogen) atoms. The van der Waals surface area contributed by atoms with E-state index in [0.717, 1.165) is 4.47 Å². The molecule has 0 radical (unpaired) electrons. The third kappa shape index (κ3) is 6.57. The summed E-state index contributed by atoms with van der Waals surface area (Å²) in [6.07, 6.45) is 1.25. The lowest BCUT2D eigenvalue weighted by atomic mass is 9.88. The number of methoxy groups -OCH3 is 1. The van der Waals surface area contributed by atoms with Crippen molar-refractivity contribution >= 4 is 33.7 Å². The summed E-state index contributed by atoms with van der Waals surface area (Å²) in [5.41, 5.74) is 1.09. The van der Waals surface area contributed by atoms with Gasteiger partial charge in [-0.25, -0.2) is 0 Å². The molecular formula is C25H30BrN3O4. The van der Waals surface area contributed by atoms with Crippen LogP contribution in [-0.2, 0) is 4.79 Å². The molecule has 1 atom stereocenters. The second-order valence-corrected chi connectivity index (χ2v) is 9.40. The SMILES string of the molecule is COc1ccc(C(=O)N[C@@H](C(=O)NC(C)C)C2CCN(C(=O)c3cccc(Br)c3)CC2)cc1. The van der Waals surface area contributed by atoms with Crippen molar-refractivity contribution in [2.75, 3.05) is 20.2 Å². The van der Waals surface area contributed by atoms with E-state index in [0.29, 0.717) is 42.8 Å². The summed E-state index contributed by atoms with van der Waals surface area (Å²) in [5, 5.41) is 5.85. The summed E-state index contributed by atoms with van der Waals surface area (Å²) >= 11 is 3.41. The molecule has 2 N–H and O–H groups in total. The third-order valence-electron chi connectivity index (χ3n) is 5.72. The first-order chi connectivity index (χ1) is 15.8. The number of ether oxygens (including phenoxy) is 1. The number of carbonyl (C=O) groups excluding carboxylic acids is 3. The first kappa shape index (κ1) is 24.8. The molecule has 0 saturated carbocycles. The highest BCUT2D eigenvalue weighted by Gasteiger charge is 2.34. The Kier molecular flexibility index (Phi) is 8.49. The highest BCUT2D eigenvalue weighted by atomic mass is 79.9. The second-order valence-electron chi connectivity index (χ2n) is 8.48. The zero-order valence-electron chi connectivity index (χ0n) is 19.1. The first-order valence-corrected chi connectivity index (χ1v) is 11.9. The number of nitrogens with zero attached hydrogens (tertiary/aromatic N) is 1. The van der Waals surface area contributed by atoms with Crippen LogP contribution in [0.4, 0.5) is 0 Å². The summed E-state index contributed by atoms with van der Waals surface area (Å²) in [7, 11) is 1.56. The van der Waals surface area contributed by atoms with Crippen LogP contribution in [-0.4, -0.2) is 54.9 Å². The fourth-order valence-corrected chi connectivity index (χ4v) is 4.38. The molecule has 0 spiro atoms. The van der Waals surface area contributed by atoms with Crippen LogP contribution < -0.4 is 15.4 Å². The number of hydrogen-bond donors (Lipinski definition) is 2. The van der Waals surface area contributed by atoms with Gasteiger partial charge in [0, 0.05) is 34.7 Å². The highest BCUT2D eigenvalue weighted by molar-refractivity contribution is 9.10. The van der Waals surface area contributed by atoms with Crippen LogP contribution >= 0.6 is 15.9 Å². The van der Waals surface area contributed by atoms with Crippen LogP contribution in [0, 0.1) is 5.92 Å². The summed E-state index contributed by atoms with van der Waals surface area (Å²) in [6.45, 7) is 4.83. The Morgan fingerprint density at radius 1 is 1.00 bits per heavy atom. The molecule has 0 bridgehead atoms. The molecule has 176 valence electrons. The average molecular weight is 516 g/mol. The lowest BCUT2D eigenvalue weighted by Gasteiger charge is -2.36. The van der Waals surface area contributed by atoms with Crippen LogP contribution in [0.1, 0.15) is 47.4 Å². The predicted octanol–water partition coefficient (Wildman–Crippen LogP) is 3.63. The lowest BCUT2D eigenvalue weighted by Crippen LogP contribution is -2.54. The molecule has 0 aromatic heterocycles. The molecule has 1 heterocycles. The number of nitrogens with one attached hydrogen (secondary N) is 2. The van der Waals surface area contributed by atoms with Crippen molar-refractivity contribution in [1.29, 1.82) is 0 Å². The van der Waals surface area contributed by atoms with Gasteiger partial charge in [-0.3, -0.25) is 14.4 Å². The predicted molar refractivity (Wildman–Crippen MR) is 130 cm³/mol. The van der Waals surface area contributed by atoms with Gasteiger partial charge in [0.25, 0.3) is 11.8 Å². The Hall–Kier alpha value is -2.87. The van der Waals surface area contributed by atoms with Crippen LogP contribution in [0.25, 0.3) is 0 Å². The van der Waals surface area contributed by atoms with E-state index in [1.807, 2.05) is 32.0 Å². The van der Waals surface area contributed by atoms with Crippen LogP contribution in [0.5, 0.6) is 5.75 Å². The van der Waals surface area contributed by atoms with Gasteiger partial charge in [-0.05, 0) is 75.1 Å². The van der Waals surface area contributed by atoms with Gasteiger partial charge in [-0.15, -0.1) is 0 Å². The Labute approximate surface area is 203 Å². The molecule has 7 nitrogen and oxygen atoms in total. The highest BCUT2D eigenvalue weighted by Crippen LogP contribution is 2.24. The Bertz CT molecular complexity index is 985. The summed E-state index contributed by atoms with van der Waals surface area (Å²) in [5.74, 6) is 0.0404. The van der Waals surface area contributed by atoms with E-state index in [4.69, 9.17) is 4.74 Å². The first-order valence-electron chi connectivity index (χ1n) is 11.1. The maximum absolute atomic E-state index is 13.0.